The van der Waals surface area contributed by atoms with E-state index in [2.05, 4.69) is 27.6 Å². The fourth-order valence-electron chi connectivity index (χ4n) is 3.62. The second-order valence-corrected chi connectivity index (χ2v) is 6.74. The fourth-order valence-corrected chi connectivity index (χ4v) is 3.62. The molecule has 3 fully saturated rings. The summed E-state index contributed by atoms with van der Waals surface area (Å²) < 4.78 is 7.91. The van der Waals surface area contributed by atoms with E-state index < -0.39 is 0 Å². The molecule has 2 atom stereocenters. The Morgan fingerprint density at radius 2 is 2.05 bits per heavy atom. The average Bonchev–Trinajstić information content (AvgIpc) is 3.22. The summed E-state index contributed by atoms with van der Waals surface area (Å²) in [5.74, 6) is 0.620. The molecule has 0 radical (unpaired) electrons. The van der Waals surface area contributed by atoms with Crippen LogP contribution in [0.5, 0.6) is 0 Å². The molecule has 5 nitrogen and oxygen atoms in total. The first-order valence-electron chi connectivity index (χ1n) is 7.96. The minimum atomic E-state index is 0.194. The van der Waals surface area contributed by atoms with Crippen molar-refractivity contribution in [2.24, 2.45) is 5.92 Å². The van der Waals surface area contributed by atoms with E-state index in [1.54, 1.807) is 0 Å². The summed E-state index contributed by atoms with van der Waals surface area (Å²) in [6.07, 6.45) is 4.46. The van der Waals surface area contributed by atoms with Gasteiger partial charge < -0.3 is 14.2 Å². The Hall–Kier alpha value is -1.33. The molecule has 0 spiro atoms. The normalized spacial score (nSPS) is 30.2. The number of ether oxygens (including phenoxy) is 1. The number of aromatic nitrogens is 1. The molecule has 3 aliphatic rings. The first-order chi connectivity index (χ1) is 10.2. The quantitative estimate of drug-likeness (QED) is 0.822. The molecule has 1 aliphatic carbocycles. The molecule has 0 aromatic carbocycles. The van der Waals surface area contributed by atoms with Crippen LogP contribution in [0.1, 0.15) is 29.4 Å². The molecule has 2 saturated heterocycles. The monoisotopic (exact) mass is 289 g/mol. The predicted molar refractivity (Wildman–Crippen MR) is 79.3 cm³/mol. The lowest BCUT2D eigenvalue weighted by Crippen LogP contribution is -2.45. The Kier molecular flexibility index (Phi) is 3.27. The lowest BCUT2D eigenvalue weighted by atomic mass is 10.1. The lowest BCUT2D eigenvalue weighted by Gasteiger charge is -2.30. The predicted octanol–water partition coefficient (Wildman–Crippen LogP) is 1.23. The zero-order chi connectivity index (χ0) is 14.4. The van der Waals surface area contributed by atoms with Crippen molar-refractivity contribution in [2.75, 3.05) is 39.9 Å². The van der Waals surface area contributed by atoms with E-state index in [0.29, 0.717) is 18.0 Å². The van der Waals surface area contributed by atoms with Gasteiger partial charge in [-0.3, -0.25) is 9.69 Å². The highest BCUT2D eigenvalue weighted by Crippen LogP contribution is 2.36. The zero-order valence-electron chi connectivity index (χ0n) is 12.6. The molecule has 1 saturated carbocycles. The van der Waals surface area contributed by atoms with Gasteiger partial charge in [-0.05, 0) is 32.0 Å². The number of carbonyl (C=O) groups excluding carboxylic acids is 1. The van der Waals surface area contributed by atoms with Gasteiger partial charge in [-0.25, -0.2) is 0 Å². The van der Waals surface area contributed by atoms with E-state index in [1.165, 1.54) is 12.8 Å². The maximum absolute atomic E-state index is 13.0. The molecule has 5 heteroatoms. The van der Waals surface area contributed by atoms with Crippen LogP contribution in [0, 0.1) is 5.92 Å². The summed E-state index contributed by atoms with van der Waals surface area (Å²) in [4.78, 5) is 17.4. The van der Waals surface area contributed by atoms with Crippen molar-refractivity contribution in [3.63, 3.8) is 0 Å². The molecule has 0 N–H and O–H groups in total. The maximum Gasteiger partial charge on any atom is 0.270 e. The first kappa shape index (κ1) is 13.3. The van der Waals surface area contributed by atoms with E-state index in [4.69, 9.17) is 4.74 Å². The van der Waals surface area contributed by atoms with E-state index in [1.807, 2.05) is 12.1 Å². The second kappa shape index (κ2) is 5.14. The van der Waals surface area contributed by atoms with Crippen molar-refractivity contribution in [3.8, 4) is 0 Å². The summed E-state index contributed by atoms with van der Waals surface area (Å²) in [5, 5.41) is 0. The van der Waals surface area contributed by atoms with E-state index in [9.17, 15) is 4.79 Å². The minimum Gasteiger partial charge on any atom is -0.379 e. The summed E-state index contributed by atoms with van der Waals surface area (Å²) in [5.41, 5.74) is 0.862. The molecule has 2 bridgehead atoms. The lowest BCUT2D eigenvalue weighted by molar-refractivity contribution is 0.0427. The van der Waals surface area contributed by atoms with Gasteiger partial charge in [0.2, 0.25) is 0 Å². The molecule has 1 amide bonds. The van der Waals surface area contributed by atoms with Crippen LogP contribution in [0.15, 0.2) is 18.3 Å². The summed E-state index contributed by atoms with van der Waals surface area (Å²) >= 11 is 0. The van der Waals surface area contributed by atoms with Gasteiger partial charge in [-0.2, -0.15) is 0 Å². The molecular formula is C16H23N3O2. The topological polar surface area (TPSA) is 37.7 Å². The van der Waals surface area contributed by atoms with Crippen LogP contribution < -0.4 is 0 Å². The fraction of sp³-hybridized carbons (Fsp3) is 0.688. The Morgan fingerprint density at radius 3 is 2.86 bits per heavy atom. The van der Waals surface area contributed by atoms with Gasteiger partial charge in [0.1, 0.15) is 5.69 Å². The molecule has 3 heterocycles. The van der Waals surface area contributed by atoms with Crippen LogP contribution in [0.4, 0.5) is 0 Å². The van der Waals surface area contributed by atoms with Crippen LogP contribution in [0.25, 0.3) is 0 Å². The molecule has 4 rings (SSSR count). The molecule has 1 aromatic rings. The largest absolute Gasteiger partial charge is 0.379 e. The molecule has 114 valence electrons. The number of fused-ring (bicyclic) bond motifs is 3. The van der Waals surface area contributed by atoms with E-state index in [-0.39, 0.29) is 5.91 Å². The SMILES string of the molecule is CN1C[C@H]2COC[C@@H]1CN(C(=O)c1cccn1C1CC1)C2. The van der Waals surface area contributed by atoms with Crippen LogP contribution in [0.3, 0.4) is 0 Å². The minimum absolute atomic E-state index is 0.194. The summed E-state index contributed by atoms with van der Waals surface area (Å²) in [6.45, 7) is 4.13. The number of nitrogens with zero attached hydrogens (tertiary/aromatic N) is 3. The van der Waals surface area contributed by atoms with Crippen LogP contribution >= 0.6 is 0 Å². The highest BCUT2D eigenvalue weighted by molar-refractivity contribution is 5.93. The van der Waals surface area contributed by atoms with Gasteiger partial charge in [0.15, 0.2) is 0 Å². The molecule has 21 heavy (non-hydrogen) atoms. The number of amides is 1. The first-order valence-corrected chi connectivity index (χ1v) is 7.96. The third-order valence-corrected chi connectivity index (χ3v) is 4.97. The Labute approximate surface area is 125 Å². The molecule has 0 unspecified atom stereocenters. The van der Waals surface area contributed by atoms with Gasteiger partial charge in [0.25, 0.3) is 5.91 Å². The van der Waals surface area contributed by atoms with Crippen molar-refractivity contribution in [2.45, 2.75) is 24.9 Å². The highest BCUT2D eigenvalue weighted by atomic mass is 16.5. The number of rotatable bonds is 2. The van der Waals surface area contributed by atoms with Gasteiger partial charge in [-0.1, -0.05) is 0 Å². The van der Waals surface area contributed by atoms with Gasteiger partial charge >= 0.3 is 0 Å². The van der Waals surface area contributed by atoms with E-state index in [0.717, 1.165) is 38.5 Å². The van der Waals surface area contributed by atoms with Crippen molar-refractivity contribution in [1.29, 1.82) is 0 Å². The van der Waals surface area contributed by atoms with Crippen molar-refractivity contribution >= 4 is 5.91 Å². The summed E-state index contributed by atoms with van der Waals surface area (Å²) in [7, 11) is 2.15. The van der Waals surface area contributed by atoms with Crippen LogP contribution in [-0.2, 0) is 4.74 Å². The van der Waals surface area contributed by atoms with Gasteiger partial charge in [0, 0.05) is 37.8 Å². The van der Waals surface area contributed by atoms with Crippen molar-refractivity contribution in [3.05, 3.63) is 24.0 Å². The van der Waals surface area contributed by atoms with Gasteiger partial charge in [-0.15, -0.1) is 0 Å². The smallest absolute Gasteiger partial charge is 0.270 e. The molecule has 2 aliphatic heterocycles. The molecular weight excluding hydrogens is 266 g/mol. The van der Waals surface area contributed by atoms with E-state index >= 15 is 0 Å². The Morgan fingerprint density at radius 1 is 1.19 bits per heavy atom. The number of hydrogen-bond donors (Lipinski definition) is 0. The highest BCUT2D eigenvalue weighted by Gasteiger charge is 2.35. The standard InChI is InChI=1S/C16H23N3O2/c1-17-7-12-8-18(9-14(17)11-21-10-12)16(20)15-3-2-6-19(15)13-4-5-13/h2-3,6,12-14H,4-5,7-11H2,1H3/t12-,14+/m1/s1. The Bertz CT molecular complexity index is 537. The second-order valence-electron chi connectivity index (χ2n) is 6.74. The zero-order valence-corrected chi connectivity index (χ0v) is 12.6. The average molecular weight is 289 g/mol. The molecule has 1 aromatic heterocycles. The van der Waals surface area contributed by atoms with Crippen LogP contribution in [0.2, 0.25) is 0 Å². The van der Waals surface area contributed by atoms with Crippen molar-refractivity contribution < 1.29 is 9.53 Å². The maximum atomic E-state index is 13.0. The number of carbonyl (C=O) groups is 1. The summed E-state index contributed by atoms with van der Waals surface area (Å²) in [6, 6.07) is 4.85. The van der Waals surface area contributed by atoms with Crippen LogP contribution in [-0.4, -0.2) is 66.2 Å². The van der Waals surface area contributed by atoms with Gasteiger partial charge in [0.05, 0.1) is 19.3 Å². The number of likely N-dealkylation sites (N-methyl/N-ethyl adjacent to an activating group) is 1. The van der Waals surface area contributed by atoms with Crippen molar-refractivity contribution in [1.82, 2.24) is 14.4 Å². The Balaban J connectivity index is 1.57. The number of hydrogen-bond acceptors (Lipinski definition) is 3. The third-order valence-electron chi connectivity index (χ3n) is 4.97. The third kappa shape index (κ3) is 2.49.